The first kappa shape index (κ1) is 16.9. The van der Waals surface area contributed by atoms with E-state index in [1.165, 1.54) is 0 Å². The van der Waals surface area contributed by atoms with Gasteiger partial charge in [0, 0.05) is 23.8 Å². The minimum absolute atomic E-state index is 0.0895. The van der Waals surface area contributed by atoms with Crippen molar-refractivity contribution in [2.45, 2.75) is 26.4 Å². The quantitative estimate of drug-likeness (QED) is 0.859. The Labute approximate surface area is 148 Å². The summed E-state index contributed by atoms with van der Waals surface area (Å²) < 4.78 is 7.90. The minimum atomic E-state index is -0.0895. The third-order valence-electron chi connectivity index (χ3n) is 3.97. The summed E-state index contributed by atoms with van der Waals surface area (Å²) in [5.41, 5.74) is 0.376. The summed E-state index contributed by atoms with van der Waals surface area (Å²) in [5.74, 6) is 1.36. The molecule has 0 unspecified atom stereocenters. The molecule has 1 saturated heterocycles. The van der Waals surface area contributed by atoms with E-state index in [0.29, 0.717) is 31.3 Å². The first-order valence-electron chi connectivity index (χ1n) is 7.93. The van der Waals surface area contributed by atoms with Crippen molar-refractivity contribution in [2.75, 3.05) is 30.0 Å². The van der Waals surface area contributed by atoms with E-state index in [9.17, 15) is 4.79 Å². The summed E-state index contributed by atoms with van der Waals surface area (Å²) in [6.07, 6.45) is 1.77. The SMILES string of the molecule is CCn1cc(Br)cc(Nc2ccc(N3CCOC[C@@H]3C)nn2)c1=O. The van der Waals surface area contributed by atoms with Crippen molar-refractivity contribution < 1.29 is 4.74 Å². The van der Waals surface area contributed by atoms with Gasteiger partial charge in [-0.3, -0.25) is 4.79 Å². The van der Waals surface area contributed by atoms with Crippen LogP contribution in [0.15, 0.2) is 33.7 Å². The molecule has 2 aromatic heterocycles. The molecule has 0 aromatic carbocycles. The number of aromatic nitrogens is 3. The molecule has 2 aromatic rings. The van der Waals surface area contributed by atoms with E-state index in [4.69, 9.17) is 4.74 Å². The summed E-state index contributed by atoms with van der Waals surface area (Å²) in [7, 11) is 0. The van der Waals surface area contributed by atoms with Crippen molar-refractivity contribution in [1.82, 2.24) is 14.8 Å². The van der Waals surface area contributed by atoms with E-state index in [1.807, 2.05) is 19.1 Å². The summed E-state index contributed by atoms with van der Waals surface area (Å²) in [5, 5.41) is 11.5. The molecule has 0 amide bonds. The molecule has 1 N–H and O–H groups in total. The number of halogens is 1. The van der Waals surface area contributed by atoms with Crippen LogP contribution in [0.4, 0.5) is 17.3 Å². The molecule has 0 spiro atoms. The van der Waals surface area contributed by atoms with E-state index in [2.05, 4.69) is 43.3 Å². The van der Waals surface area contributed by atoms with Crippen LogP contribution in [0.2, 0.25) is 0 Å². The lowest BCUT2D eigenvalue weighted by Gasteiger charge is -2.33. The van der Waals surface area contributed by atoms with Gasteiger partial charge in [0.15, 0.2) is 11.6 Å². The highest BCUT2D eigenvalue weighted by atomic mass is 79.9. The molecule has 0 aliphatic carbocycles. The lowest BCUT2D eigenvalue weighted by atomic mass is 10.2. The number of nitrogens with zero attached hydrogens (tertiary/aromatic N) is 4. The van der Waals surface area contributed by atoms with Crippen LogP contribution in [0.1, 0.15) is 13.8 Å². The van der Waals surface area contributed by atoms with Gasteiger partial charge in [0.1, 0.15) is 5.69 Å². The first-order valence-corrected chi connectivity index (χ1v) is 8.73. The van der Waals surface area contributed by atoms with Crippen molar-refractivity contribution in [3.8, 4) is 0 Å². The van der Waals surface area contributed by atoms with E-state index in [0.717, 1.165) is 16.8 Å². The topological polar surface area (TPSA) is 72.3 Å². The molecular formula is C16H20BrN5O2. The molecule has 1 fully saturated rings. The fourth-order valence-corrected chi connectivity index (χ4v) is 3.15. The Bertz CT molecular complexity index is 762. The van der Waals surface area contributed by atoms with E-state index >= 15 is 0 Å². The Kier molecular flexibility index (Phi) is 5.15. The van der Waals surface area contributed by atoms with Gasteiger partial charge >= 0.3 is 0 Å². The zero-order valence-electron chi connectivity index (χ0n) is 13.7. The van der Waals surface area contributed by atoms with Gasteiger partial charge in [-0.2, -0.15) is 0 Å². The number of rotatable bonds is 4. The molecule has 0 bridgehead atoms. The fraction of sp³-hybridized carbons (Fsp3) is 0.438. The van der Waals surface area contributed by atoms with E-state index in [1.54, 1.807) is 16.8 Å². The van der Waals surface area contributed by atoms with Crippen molar-refractivity contribution >= 4 is 33.3 Å². The Morgan fingerprint density at radius 1 is 1.42 bits per heavy atom. The van der Waals surface area contributed by atoms with E-state index in [-0.39, 0.29) is 11.6 Å². The van der Waals surface area contributed by atoms with Gasteiger partial charge in [-0.25, -0.2) is 0 Å². The van der Waals surface area contributed by atoms with Crippen molar-refractivity contribution in [2.24, 2.45) is 0 Å². The van der Waals surface area contributed by atoms with Crippen LogP contribution in [-0.4, -0.2) is 40.6 Å². The summed E-state index contributed by atoms with van der Waals surface area (Å²) in [4.78, 5) is 14.5. The Morgan fingerprint density at radius 3 is 2.92 bits per heavy atom. The number of hydrogen-bond acceptors (Lipinski definition) is 6. The second-order valence-corrected chi connectivity index (χ2v) is 6.60. The van der Waals surface area contributed by atoms with Crippen molar-refractivity contribution in [1.29, 1.82) is 0 Å². The molecule has 0 radical (unpaired) electrons. The normalized spacial score (nSPS) is 17.8. The highest BCUT2D eigenvalue weighted by Gasteiger charge is 2.20. The molecule has 1 atom stereocenters. The zero-order valence-corrected chi connectivity index (χ0v) is 15.3. The molecule has 128 valence electrons. The number of nitrogens with one attached hydrogen (secondary N) is 1. The average molecular weight is 394 g/mol. The highest BCUT2D eigenvalue weighted by molar-refractivity contribution is 9.10. The smallest absolute Gasteiger partial charge is 0.274 e. The van der Waals surface area contributed by atoms with Crippen LogP contribution < -0.4 is 15.8 Å². The van der Waals surface area contributed by atoms with Crippen LogP contribution in [0.5, 0.6) is 0 Å². The second kappa shape index (κ2) is 7.31. The van der Waals surface area contributed by atoms with Crippen molar-refractivity contribution in [3.05, 3.63) is 39.2 Å². The maximum absolute atomic E-state index is 12.3. The maximum atomic E-state index is 12.3. The zero-order chi connectivity index (χ0) is 17.1. The van der Waals surface area contributed by atoms with Crippen molar-refractivity contribution in [3.63, 3.8) is 0 Å². The molecule has 24 heavy (non-hydrogen) atoms. The number of morpholine rings is 1. The van der Waals surface area contributed by atoms with Gasteiger partial charge in [0.25, 0.3) is 5.56 Å². The molecule has 1 aliphatic rings. The third-order valence-corrected chi connectivity index (χ3v) is 4.40. The molecule has 3 rings (SSSR count). The molecule has 8 heteroatoms. The van der Waals surface area contributed by atoms with Crippen LogP contribution in [-0.2, 0) is 11.3 Å². The summed E-state index contributed by atoms with van der Waals surface area (Å²) in [6.45, 7) is 6.82. The average Bonchev–Trinajstić information content (AvgIpc) is 2.59. The number of pyridine rings is 1. The second-order valence-electron chi connectivity index (χ2n) is 5.68. The number of hydrogen-bond donors (Lipinski definition) is 1. The lowest BCUT2D eigenvalue weighted by Crippen LogP contribution is -2.44. The standard InChI is InChI=1S/C16H20BrN5O2/c1-3-21-9-12(17)8-13(16(21)23)18-14-4-5-15(20-19-14)22-6-7-24-10-11(22)2/h4-5,8-9,11H,3,6-7,10H2,1-2H3,(H,18,19)/t11-/m0/s1. The highest BCUT2D eigenvalue weighted by Crippen LogP contribution is 2.19. The molecule has 1 aliphatic heterocycles. The number of anilines is 3. The van der Waals surface area contributed by atoms with Gasteiger partial charge in [0.05, 0.1) is 19.3 Å². The third kappa shape index (κ3) is 3.59. The molecule has 0 saturated carbocycles. The largest absolute Gasteiger partial charge is 0.377 e. The predicted octanol–water partition coefficient (Wildman–Crippen LogP) is 2.39. The molecular weight excluding hydrogens is 374 g/mol. The van der Waals surface area contributed by atoms with Crippen LogP contribution >= 0.6 is 15.9 Å². The predicted molar refractivity (Wildman–Crippen MR) is 97.0 cm³/mol. The summed E-state index contributed by atoms with van der Waals surface area (Å²) >= 11 is 3.42. The lowest BCUT2D eigenvalue weighted by molar-refractivity contribution is 0.0984. The van der Waals surface area contributed by atoms with E-state index < -0.39 is 0 Å². The minimum Gasteiger partial charge on any atom is -0.377 e. The first-order chi connectivity index (χ1) is 11.6. The van der Waals surface area contributed by atoms with Crippen LogP contribution in [0, 0.1) is 0 Å². The van der Waals surface area contributed by atoms with Gasteiger partial charge < -0.3 is 19.5 Å². The monoisotopic (exact) mass is 393 g/mol. The fourth-order valence-electron chi connectivity index (χ4n) is 2.67. The van der Waals surface area contributed by atoms with Gasteiger partial charge in [0.2, 0.25) is 0 Å². The van der Waals surface area contributed by atoms with Crippen LogP contribution in [0.3, 0.4) is 0 Å². The van der Waals surface area contributed by atoms with Gasteiger partial charge in [-0.15, -0.1) is 10.2 Å². The Hall–Kier alpha value is -1.93. The Balaban J connectivity index is 1.80. The van der Waals surface area contributed by atoms with Crippen LogP contribution in [0.25, 0.3) is 0 Å². The maximum Gasteiger partial charge on any atom is 0.274 e. The molecule has 7 nitrogen and oxygen atoms in total. The summed E-state index contributed by atoms with van der Waals surface area (Å²) in [6, 6.07) is 5.76. The number of ether oxygens (including phenoxy) is 1. The van der Waals surface area contributed by atoms with Gasteiger partial charge in [-0.05, 0) is 48.0 Å². The Morgan fingerprint density at radius 2 is 2.25 bits per heavy atom. The molecule has 3 heterocycles. The van der Waals surface area contributed by atoms with Gasteiger partial charge in [-0.1, -0.05) is 0 Å². The number of aryl methyl sites for hydroxylation is 1.